The Morgan fingerprint density at radius 1 is 1.27 bits per heavy atom. The minimum atomic E-state index is 0.0477. The second kappa shape index (κ2) is 9.41. The second-order valence-corrected chi connectivity index (χ2v) is 8.67. The number of hydrogen-bond donors (Lipinski definition) is 1. The van der Waals surface area contributed by atoms with Crippen LogP contribution in [0.3, 0.4) is 0 Å². The summed E-state index contributed by atoms with van der Waals surface area (Å²) >= 11 is 1.60. The van der Waals surface area contributed by atoms with Crippen LogP contribution in [0.1, 0.15) is 30.2 Å². The summed E-state index contributed by atoms with van der Waals surface area (Å²) in [6, 6.07) is 16.4. The molecule has 5 nitrogen and oxygen atoms in total. The van der Waals surface area contributed by atoms with Crippen LogP contribution in [0.5, 0.6) is 5.75 Å². The van der Waals surface area contributed by atoms with Crippen LogP contribution >= 0.6 is 11.3 Å². The Bertz CT molecular complexity index is 1000. The molecule has 1 atom stereocenters. The Balaban J connectivity index is 1.28. The maximum absolute atomic E-state index is 12.4. The first kappa shape index (κ1) is 20.6. The number of carbonyl (C=O) groups excluding carboxylic acids is 1. The van der Waals surface area contributed by atoms with Crippen molar-refractivity contribution in [1.29, 1.82) is 0 Å². The zero-order chi connectivity index (χ0) is 20.9. The molecule has 1 N–H and O–H groups in total. The van der Waals surface area contributed by atoms with Crippen molar-refractivity contribution in [3.63, 3.8) is 0 Å². The van der Waals surface area contributed by atoms with Crippen molar-refractivity contribution in [2.75, 3.05) is 13.1 Å². The molecule has 3 aromatic rings. The fourth-order valence-electron chi connectivity index (χ4n) is 3.68. The number of aromatic nitrogens is 1. The quantitative estimate of drug-likeness (QED) is 0.641. The molecule has 0 fully saturated rings. The van der Waals surface area contributed by atoms with E-state index in [1.165, 1.54) is 11.1 Å². The summed E-state index contributed by atoms with van der Waals surface area (Å²) in [6.07, 6.45) is 0.562. The van der Waals surface area contributed by atoms with Crippen molar-refractivity contribution in [3.05, 3.63) is 70.7 Å². The predicted octanol–water partition coefficient (Wildman–Crippen LogP) is 4.41. The van der Waals surface area contributed by atoms with Gasteiger partial charge in [-0.1, -0.05) is 48.0 Å². The average molecular weight is 422 g/mol. The maximum Gasteiger partial charge on any atom is 0.221 e. The summed E-state index contributed by atoms with van der Waals surface area (Å²) in [6.45, 7) is 6.96. The molecule has 1 aliphatic rings. The fourth-order valence-corrected chi connectivity index (χ4v) is 4.50. The van der Waals surface area contributed by atoms with Gasteiger partial charge in [0.2, 0.25) is 5.91 Å². The van der Waals surface area contributed by atoms with Crippen molar-refractivity contribution < 1.29 is 9.53 Å². The molecule has 6 heteroatoms. The van der Waals surface area contributed by atoms with Crippen molar-refractivity contribution in [1.82, 2.24) is 15.2 Å². The highest BCUT2D eigenvalue weighted by molar-refractivity contribution is 7.13. The minimum Gasteiger partial charge on any atom is -0.489 e. The molecule has 1 aromatic heterocycles. The lowest BCUT2D eigenvalue weighted by Gasteiger charge is -2.21. The molecule has 0 saturated carbocycles. The van der Waals surface area contributed by atoms with Crippen LogP contribution in [0.2, 0.25) is 0 Å². The predicted molar refractivity (Wildman–Crippen MR) is 121 cm³/mol. The molecular formula is C24H27N3O2S. The van der Waals surface area contributed by atoms with Gasteiger partial charge in [0, 0.05) is 42.6 Å². The molecule has 0 aliphatic carbocycles. The highest BCUT2D eigenvalue weighted by Gasteiger charge is 2.20. The lowest BCUT2D eigenvalue weighted by Crippen LogP contribution is -2.34. The number of carbonyl (C=O) groups is 1. The van der Waals surface area contributed by atoms with Crippen LogP contribution in [0.25, 0.3) is 10.6 Å². The topological polar surface area (TPSA) is 54.5 Å². The molecule has 0 saturated heterocycles. The number of rotatable bonds is 6. The van der Waals surface area contributed by atoms with E-state index < -0.39 is 0 Å². The van der Waals surface area contributed by atoms with Gasteiger partial charge in [0.1, 0.15) is 16.9 Å². The summed E-state index contributed by atoms with van der Waals surface area (Å²) < 4.78 is 6.04. The smallest absolute Gasteiger partial charge is 0.221 e. The van der Waals surface area contributed by atoms with Crippen LogP contribution < -0.4 is 10.1 Å². The molecule has 30 heavy (non-hydrogen) atoms. The van der Waals surface area contributed by atoms with Crippen LogP contribution in [0, 0.1) is 6.92 Å². The molecule has 1 aliphatic heterocycles. The van der Waals surface area contributed by atoms with E-state index >= 15 is 0 Å². The lowest BCUT2D eigenvalue weighted by atomic mass is 10.1. The van der Waals surface area contributed by atoms with Gasteiger partial charge in [-0.05, 0) is 19.9 Å². The third kappa shape index (κ3) is 5.26. The Hall–Kier alpha value is -2.70. The monoisotopic (exact) mass is 421 g/mol. The van der Waals surface area contributed by atoms with Crippen LogP contribution in [0.15, 0.2) is 53.9 Å². The van der Waals surface area contributed by atoms with Gasteiger partial charge in [0.15, 0.2) is 0 Å². The molecule has 156 valence electrons. The SMILES string of the molecule is Cc1ccc2c(c1)CN(CCC(=O)NCc1csc(-c3ccccc3)n1)CC(C)O2. The molecule has 1 unspecified atom stereocenters. The summed E-state index contributed by atoms with van der Waals surface area (Å²) in [5, 5.41) is 5.99. The summed E-state index contributed by atoms with van der Waals surface area (Å²) in [5.41, 5.74) is 4.42. The van der Waals surface area contributed by atoms with E-state index in [4.69, 9.17) is 4.74 Å². The van der Waals surface area contributed by atoms with E-state index in [0.29, 0.717) is 19.5 Å². The molecule has 0 radical (unpaired) electrons. The number of nitrogens with one attached hydrogen (secondary N) is 1. The minimum absolute atomic E-state index is 0.0477. The first-order chi connectivity index (χ1) is 14.6. The van der Waals surface area contributed by atoms with Gasteiger partial charge in [-0.2, -0.15) is 0 Å². The largest absolute Gasteiger partial charge is 0.489 e. The second-order valence-electron chi connectivity index (χ2n) is 7.81. The number of ether oxygens (including phenoxy) is 1. The molecule has 4 rings (SSSR count). The molecule has 2 heterocycles. The van der Waals surface area contributed by atoms with Crippen molar-refractivity contribution in [2.24, 2.45) is 0 Å². The Labute approximate surface area is 181 Å². The highest BCUT2D eigenvalue weighted by Crippen LogP contribution is 2.26. The van der Waals surface area contributed by atoms with E-state index in [1.54, 1.807) is 11.3 Å². The van der Waals surface area contributed by atoms with Gasteiger partial charge >= 0.3 is 0 Å². The number of benzene rings is 2. The van der Waals surface area contributed by atoms with E-state index in [-0.39, 0.29) is 12.0 Å². The maximum atomic E-state index is 12.4. The first-order valence-corrected chi connectivity index (χ1v) is 11.2. The molecule has 0 bridgehead atoms. The van der Waals surface area contributed by atoms with E-state index in [9.17, 15) is 4.79 Å². The number of nitrogens with zero attached hydrogens (tertiary/aromatic N) is 2. The van der Waals surface area contributed by atoms with Gasteiger partial charge in [-0.15, -0.1) is 11.3 Å². The number of aryl methyl sites for hydroxylation is 1. The van der Waals surface area contributed by atoms with Crippen molar-refractivity contribution >= 4 is 17.2 Å². The Kier molecular flexibility index (Phi) is 6.45. The fraction of sp³-hybridized carbons (Fsp3) is 0.333. The number of amides is 1. The molecular weight excluding hydrogens is 394 g/mol. The number of hydrogen-bond acceptors (Lipinski definition) is 5. The van der Waals surface area contributed by atoms with Crippen LogP contribution in [0.4, 0.5) is 0 Å². The molecule has 2 aromatic carbocycles. The Morgan fingerprint density at radius 3 is 2.93 bits per heavy atom. The normalized spacial score (nSPS) is 16.4. The first-order valence-electron chi connectivity index (χ1n) is 10.3. The third-order valence-electron chi connectivity index (χ3n) is 5.15. The average Bonchev–Trinajstić information content (AvgIpc) is 3.16. The van der Waals surface area contributed by atoms with Gasteiger partial charge in [0.05, 0.1) is 12.2 Å². The van der Waals surface area contributed by atoms with Gasteiger partial charge in [0.25, 0.3) is 0 Å². The molecule has 1 amide bonds. The summed E-state index contributed by atoms with van der Waals surface area (Å²) in [4.78, 5) is 19.3. The molecule has 0 spiro atoms. The zero-order valence-electron chi connectivity index (χ0n) is 17.4. The standard InChI is InChI=1S/C24H27N3O2S/c1-17-8-9-22-20(12-17)15-27(14-18(2)29-22)11-10-23(28)25-13-21-16-30-24(26-21)19-6-4-3-5-7-19/h3-9,12,16,18H,10-11,13-15H2,1-2H3,(H,25,28). The van der Waals surface area contributed by atoms with Gasteiger partial charge in [-0.25, -0.2) is 4.98 Å². The highest BCUT2D eigenvalue weighted by atomic mass is 32.1. The van der Waals surface area contributed by atoms with E-state index in [2.05, 4.69) is 47.2 Å². The van der Waals surface area contributed by atoms with Crippen LogP contribution in [-0.4, -0.2) is 35.0 Å². The number of fused-ring (bicyclic) bond motifs is 1. The number of thiazole rings is 1. The van der Waals surface area contributed by atoms with E-state index in [0.717, 1.165) is 35.1 Å². The van der Waals surface area contributed by atoms with Crippen molar-refractivity contribution in [3.8, 4) is 16.3 Å². The Morgan fingerprint density at radius 2 is 2.10 bits per heavy atom. The zero-order valence-corrected chi connectivity index (χ0v) is 18.2. The lowest BCUT2D eigenvalue weighted by molar-refractivity contribution is -0.121. The summed E-state index contributed by atoms with van der Waals surface area (Å²) in [5.74, 6) is 1.00. The van der Waals surface area contributed by atoms with Crippen LogP contribution in [-0.2, 0) is 17.9 Å². The van der Waals surface area contributed by atoms with E-state index in [1.807, 2.05) is 35.7 Å². The van der Waals surface area contributed by atoms with Gasteiger partial charge in [-0.3, -0.25) is 9.69 Å². The third-order valence-corrected chi connectivity index (χ3v) is 6.09. The summed E-state index contributed by atoms with van der Waals surface area (Å²) in [7, 11) is 0. The van der Waals surface area contributed by atoms with Gasteiger partial charge < -0.3 is 10.1 Å². The van der Waals surface area contributed by atoms with Crippen molar-refractivity contribution in [2.45, 2.75) is 39.5 Å².